The molecule has 1 aliphatic rings. The lowest BCUT2D eigenvalue weighted by molar-refractivity contribution is -0.123. The number of ether oxygens (including phenoxy) is 1. The maximum absolute atomic E-state index is 12.6. The summed E-state index contributed by atoms with van der Waals surface area (Å²) >= 11 is 7.15. The molecule has 0 radical (unpaired) electrons. The molecular formula is C20H19ClN4O3S. The predicted octanol–water partition coefficient (Wildman–Crippen LogP) is 3.61. The smallest absolute Gasteiger partial charge is 0.238 e. The summed E-state index contributed by atoms with van der Waals surface area (Å²) in [7, 11) is 1.60. The molecule has 0 aliphatic carbocycles. The topological polar surface area (TPSA) is 92.2 Å². The molecule has 29 heavy (non-hydrogen) atoms. The van der Waals surface area contributed by atoms with Crippen LogP contribution in [-0.2, 0) is 9.59 Å². The van der Waals surface area contributed by atoms with Gasteiger partial charge in [0, 0.05) is 17.1 Å². The van der Waals surface area contributed by atoms with Gasteiger partial charge in [-0.2, -0.15) is 5.10 Å². The fraction of sp³-hybridized carbons (Fsp3) is 0.200. The number of benzene rings is 2. The van der Waals surface area contributed by atoms with Crippen molar-refractivity contribution >= 4 is 52.2 Å². The molecule has 0 bridgehead atoms. The van der Waals surface area contributed by atoms with Gasteiger partial charge < -0.3 is 15.4 Å². The Balaban J connectivity index is 1.66. The van der Waals surface area contributed by atoms with Crippen molar-refractivity contribution in [1.29, 1.82) is 0 Å². The number of nitrogens with one attached hydrogen (secondary N) is 2. The molecule has 0 aromatic heterocycles. The zero-order valence-electron chi connectivity index (χ0n) is 15.8. The third-order valence-electron chi connectivity index (χ3n) is 4.09. The molecule has 150 valence electrons. The Labute approximate surface area is 177 Å². The molecule has 2 aromatic carbocycles. The summed E-state index contributed by atoms with van der Waals surface area (Å²) in [5, 5.41) is 13.7. The van der Waals surface area contributed by atoms with Crippen LogP contribution in [0.5, 0.6) is 5.75 Å². The van der Waals surface area contributed by atoms with Crippen molar-refractivity contribution in [2.75, 3.05) is 12.4 Å². The number of carbonyl (C=O) groups is 2. The van der Waals surface area contributed by atoms with E-state index in [1.54, 1.807) is 25.5 Å². The summed E-state index contributed by atoms with van der Waals surface area (Å²) in [4.78, 5) is 24.6. The average Bonchev–Trinajstić information content (AvgIpc) is 2.71. The summed E-state index contributed by atoms with van der Waals surface area (Å²) in [5.74, 6) is 0.166. The molecule has 0 saturated carbocycles. The number of hydrogen-bond acceptors (Lipinski definition) is 6. The third kappa shape index (κ3) is 5.82. The van der Waals surface area contributed by atoms with Crippen LogP contribution in [0.25, 0.3) is 0 Å². The quantitative estimate of drug-likeness (QED) is 0.560. The first kappa shape index (κ1) is 20.9. The van der Waals surface area contributed by atoms with E-state index >= 15 is 0 Å². The largest absolute Gasteiger partial charge is 0.497 e. The Kier molecular flexibility index (Phi) is 6.90. The SMILES string of the molecule is COc1ccc(C=NN=C2NC(=O)CC(C(=O)Nc3cc(Cl)ccc3C)S2)cc1. The van der Waals surface area contributed by atoms with Gasteiger partial charge in [-0.3, -0.25) is 9.59 Å². The lowest BCUT2D eigenvalue weighted by atomic mass is 10.2. The molecule has 1 unspecified atom stereocenters. The van der Waals surface area contributed by atoms with Crippen molar-refractivity contribution in [3.05, 3.63) is 58.6 Å². The summed E-state index contributed by atoms with van der Waals surface area (Å²) in [6, 6.07) is 12.5. The standard InChI is InChI=1S/C20H19ClN4O3S/c1-12-3-6-14(21)9-16(12)23-19(27)17-10-18(26)24-20(29-17)25-22-11-13-4-7-15(28-2)8-5-13/h3-9,11,17H,10H2,1-2H3,(H,23,27)(H,24,25,26). The van der Waals surface area contributed by atoms with E-state index in [-0.39, 0.29) is 23.4 Å². The summed E-state index contributed by atoms with van der Waals surface area (Å²) in [6.45, 7) is 1.87. The first-order valence-electron chi connectivity index (χ1n) is 8.73. The van der Waals surface area contributed by atoms with Crippen LogP contribution in [0.2, 0.25) is 5.02 Å². The van der Waals surface area contributed by atoms with Gasteiger partial charge in [-0.25, -0.2) is 0 Å². The summed E-state index contributed by atoms with van der Waals surface area (Å²) in [5.41, 5.74) is 2.32. The molecule has 7 nitrogen and oxygen atoms in total. The monoisotopic (exact) mass is 430 g/mol. The maximum Gasteiger partial charge on any atom is 0.238 e. The molecule has 0 spiro atoms. The number of aryl methyl sites for hydroxylation is 1. The molecule has 1 fully saturated rings. The molecule has 1 aliphatic heterocycles. The van der Waals surface area contributed by atoms with E-state index in [0.29, 0.717) is 10.7 Å². The van der Waals surface area contributed by atoms with E-state index in [2.05, 4.69) is 20.8 Å². The van der Waals surface area contributed by atoms with Gasteiger partial charge in [-0.1, -0.05) is 29.4 Å². The van der Waals surface area contributed by atoms with Gasteiger partial charge in [0.15, 0.2) is 5.17 Å². The minimum atomic E-state index is -0.614. The Morgan fingerprint density at radius 2 is 2.07 bits per heavy atom. The second-order valence-corrected chi connectivity index (χ2v) is 7.86. The van der Waals surface area contributed by atoms with Crippen LogP contribution in [0.3, 0.4) is 0 Å². The van der Waals surface area contributed by atoms with E-state index in [1.807, 2.05) is 37.3 Å². The van der Waals surface area contributed by atoms with Crippen LogP contribution in [0.1, 0.15) is 17.5 Å². The average molecular weight is 431 g/mol. The van der Waals surface area contributed by atoms with Crippen LogP contribution in [0, 0.1) is 6.92 Å². The highest BCUT2D eigenvalue weighted by molar-refractivity contribution is 8.15. The number of thioether (sulfide) groups is 1. The number of anilines is 1. The molecule has 2 N–H and O–H groups in total. The second-order valence-electron chi connectivity index (χ2n) is 6.23. The highest BCUT2D eigenvalue weighted by Crippen LogP contribution is 2.25. The number of methoxy groups -OCH3 is 1. The highest BCUT2D eigenvalue weighted by Gasteiger charge is 2.30. The van der Waals surface area contributed by atoms with E-state index in [1.165, 1.54) is 0 Å². The van der Waals surface area contributed by atoms with Crippen molar-refractivity contribution in [3.63, 3.8) is 0 Å². The van der Waals surface area contributed by atoms with Crippen LogP contribution in [-0.4, -0.2) is 35.6 Å². The Bertz CT molecular complexity index is 976. The summed E-state index contributed by atoms with van der Waals surface area (Å²) in [6.07, 6.45) is 1.61. The maximum atomic E-state index is 12.6. The number of hydrogen-bond donors (Lipinski definition) is 2. The number of carbonyl (C=O) groups excluding carboxylic acids is 2. The van der Waals surface area contributed by atoms with Gasteiger partial charge in [-0.05, 0) is 54.4 Å². The zero-order valence-corrected chi connectivity index (χ0v) is 17.4. The van der Waals surface area contributed by atoms with Crippen molar-refractivity contribution in [3.8, 4) is 5.75 Å². The highest BCUT2D eigenvalue weighted by atomic mass is 35.5. The Hall–Kier alpha value is -2.84. The summed E-state index contributed by atoms with van der Waals surface area (Å²) < 4.78 is 5.10. The van der Waals surface area contributed by atoms with Crippen molar-refractivity contribution in [2.45, 2.75) is 18.6 Å². The fourth-order valence-electron chi connectivity index (χ4n) is 2.52. The number of halogens is 1. The molecule has 3 rings (SSSR count). The molecule has 2 aromatic rings. The van der Waals surface area contributed by atoms with Crippen LogP contribution < -0.4 is 15.4 Å². The van der Waals surface area contributed by atoms with Gasteiger partial charge in [-0.15, -0.1) is 5.10 Å². The van der Waals surface area contributed by atoms with Gasteiger partial charge >= 0.3 is 0 Å². The Morgan fingerprint density at radius 3 is 2.79 bits per heavy atom. The van der Waals surface area contributed by atoms with E-state index in [0.717, 1.165) is 28.6 Å². The molecule has 2 amide bonds. The van der Waals surface area contributed by atoms with Crippen molar-refractivity contribution in [2.24, 2.45) is 10.2 Å². The first-order chi connectivity index (χ1) is 13.9. The number of amides is 2. The van der Waals surface area contributed by atoms with Gasteiger partial charge in [0.05, 0.1) is 13.3 Å². The molecule has 1 atom stereocenters. The number of amidine groups is 1. The first-order valence-corrected chi connectivity index (χ1v) is 9.99. The van der Waals surface area contributed by atoms with Gasteiger partial charge in [0.1, 0.15) is 11.0 Å². The van der Waals surface area contributed by atoms with Crippen molar-refractivity contribution < 1.29 is 14.3 Å². The minimum Gasteiger partial charge on any atom is -0.497 e. The van der Waals surface area contributed by atoms with Crippen LogP contribution in [0.4, 0.5) is 5.69 Å². The number of nitrogens with zero attached hydrogens (tertiary/aromatic N) is 2. The number of rotatable bonds is 5. The molecule has 1 saturated heterocycles. The van der Waals surface area contributed by atoms with E-state index < -0.39 is 5.25 Å². The van der Waals surface area contributed by atoms with Gasteiger partial charge in [0.25, 0.3) is 0 Å². The lowest BCUT2D eigenvalue weighted by Crippen LogP contribution is -2.41. The normalized spacial score (nSPS) is 18.0. The molecule has 9 heteroatoms. The zero-order chi connectivity index (χ0) is 20.8. The second kappa shape index (κ2) is 9.58. The minimum absolute atomic E-state index is 0.0529. The van der Waals surface area contributed by atoms with Crippen LogP contribution >= 0.6 is 23.4 Å². The molecule has 1 heterocycles. The lowest BCUT2D eigenvalue weighted by Gasteiger charge is -2.22. The third-order valence-corrected chi connectivity index (χ3v) is 5.40. The van der Waals surface area contributed by atoms with Crippen molar-refractivity contribution in [1.82, 2.24) is 5.32 Å². The van der Waals surface area contributed by atoms with E-state index in [9.17, 15) is 9.59 Å². The fourth-order valence-corrected chi connectivity index (χ4v) is 3.63. The van der Waals surface area contributed by atoms with E-state index in [4.69, 9.17) is 16.3 Å². The Morgan fingerprint density at radius 1 is 1.31 bits per heavy atom. The van der Waals surface area contributed by atoms with Gasteiger partial charge in [0.2, 0.25) is 11.8 Å². The predicted molar refractivity (Wildman–Crippen MR) is 117 cm³/mol. The molecular weight excluding hydrogens is 412 g/mol. The van der Waals surface area contributed by atoms with Crippen LogP contribution in [0.15, 0.2) is 52.7 Å².